The van der Waals surface area contributed by atoms with E-state index in [-0.39, 0.29) is 5.82 Å². The van der Waals surface area contributed by atoms with E-state index in [9.17, 15) is 9.18 Å². The van der Waals surface area contributed by atoms with Gasteiger partial charge in [-0.15, -0.1) is 0 Å². The molecule has 3 nitrogen and oxygen atoms in total. The molecule has 1 fully saturated rings. The highest BCUT2D eigenvalue weighted by atomic mass is 19.1. The first kappa shape index (κ1) is 13.8. The van der Waals surface area contributed by atoms with Crippen LogP contribution in [0, 0.1) is 17.7 Å². The van der Waals surface area contributed by atoms with Gasteiger partial charge in [-0.25, -0.2) is 4.39 Å². The maximum absolute atomic E-state index is 13.5. The van der Waals surface area contributed by atoms with Crippen LogP contribution < -0.4 is 4.74 Å². The summed E-state index contributed by atoms with van der Waals surface area (Å²) >= 11 is 0. The Kier molecular flexibility index (Phi) is 4.40. The Labute approximate surface area is 112 Å². The minimum atomic E-state index is -0.874. The van der Waals surface area contributed by atoms with Crippen molar-refractivity contribution in [2.45, 2.75) is 32.6 Å². The van der Waals surface area contributed by atoms with E-state index in [0.717, 1.165) is 0 Å². The van der Waals surface area contributed by atoms with Crippen molar-refractivity contribution < 1.29 is 19.0 Å². The minimum Gasteiger partial charge on any atom is -0.493 e. The van der Waals surface area contributed by atoms with Gasteiger partial charge in [-0.3, -0.25) is 4.79 Å². The Morgan fingerprint density at radius 2 is 2.21 bits per heavy atom. The lowest BCUT2D eigenvalue weighted by atomic mass is 9.86. The molecule has 0 heterocycles. The summed E-state index contributed by atoms with van der Waals surface area (Å²) < 4.78 is 19.1. The van der Waals surface area contributed by atoms with Gasteiger partial charge in [0, 0.05) is 6.07 Å². The van der Waals surface area contributed by atoms with Crippen LogP contribution in [0.1, 0.15) is 31.7 Å². The molecule has 19 heavy (non-hydrogen) atoms. The van der Waals surface area contributed by atoms with E-state index in [4.69, 9.17) is 9.84 Å². The van der Waals surface area contributed by atoms with Crippen LogP contribution in [0.25, 0.3) is 0 Å². The van der Waals surface area contributed by atoms with E-state index in [1.165, 1.54) is 31.4 Å². The third-order valence-electron chi connectivity index (χ3n) is 3.60. The molecule has 1 aromatic carbocycles. The number of carbonyl (C=O) groups is 1. The summed E-state index contributed by atoms with van der Waals surface area (Å²) in [6, 6.07) is 4.46. The lowest BCUT2D eigenvalue weighted by Crippen LogP contribution is -2.19. The van der Waals surface area contributed by atoms with Crippen molar-refractivity contribution >= 4 is 5.97 Å². The van der Waals surface area contributed by atoms with Crippen LogP contribution in [0.5, 0.6) is 5.75 Å². The van der Waals surface area contributed by atoms with Crippen LogP contribution >= 0.6 is 0 Å². The van der Waals surface area contributed by atoms with Crippen LogP contribution in [-0.4, -0.2) is 17.7 Å². The lowest BCUT2D eigenvalue weighted by molar-refractivity contribution is -0.141. The molecule has 4 heteroatoms. The fraction of sp³-hybridized carbons (Fsp3) is 0.533. The molecule has 1 N–H and O–H groups in total. The predicted molar refractivity (Wildman–Crippen MR) is 69.7 cm³/mol. The third-order valence-corrected chi connectivity index (χ3v) is 3.60. The SMILES string of the molecule is CC(Cc1cc(F)cc(OCC2CCC2)c1)C(=O)O. The number of carboxylic acid groups (broad SMARTS) is 1. The highest BCUT2D eigenvalue weighted by Gasteiger charge is 2.18. The topological polar surface area (TPSA) is 46.5 Å². The smallest absolute Gasteiger partial charge is 0.306 e. The average Bonchev–Trinajstić information content (AvgIpc) is 2.25. The van der Waals surface area contributed by atoms with Crippen molar-refractivity contribution in [1.82, 2.24) is 0 Å². The van der Waals surface area contributed by atoms with Crippen molar-refractivity contribution in [3.63, 3.8) is 0 Å². The zero-order chi connectivity index (χ0) is 13.8. The van der Waals surface area contributed by atoms with Gasteiger partial charge in [0.15, 0.2) is 0 Å². The molecule has 0 spiro atoms. The molecule has 1 saturated carbocycles. The summed E-state index contributed by atoms with van der Waals surface area (Å²) in [7, 11) is 0. The number of aliphatic carboxylic acids is 1. The fourth-order valence-corrected chi connectivity index (χ4v) is 2.14. The molecule has 2 rings (SSSR count). The Bertz CT molecular complexity index is 455. The van der Waals surface area contributed by atoms with Crippen LogP contribution in [-0.2, 0) is 11.2 Å². The summed E-state index contributed by atoms with van der Waals surface area (Å²) in [4.78, 5) is 10.8. The molecule has 1 unspecified atom stereocenters. The van der Waals surface area contributed by atoms with Crippen molar-refractivity contribution in [2.24, 2.45) is 11.8 Å². The zero-order valence-corrected chi connectivity index (χ0v) is 11.1. The molecular weight excluding hydrogens is 247 g/mol. The van der Waals surface area contributed by atoms with Crippen LogP contribution in [0.15, 0.2) is 18.2 Å². The quantitative estimate of drug-likeness (QED) is 0.859. The zero-order valence-electron chi connectivity index (χ0n) is 11.1. The molecule has 0 amide bonds. The molecule has 0 bridgehead atoms. The monoisotopic (exact) mass is 266 g/mol. The molecule has 0 aliphatic heterocycles. The molecule has 1 aromatic rings. The van der Waals surface area contributed by atoms with Gasteiger partial charge in [-0.1, -0.05) is 13.3 Å². The number of halogens is 1. The first-order chi connectivity index (χ1) is 9.04. The van der Waals surface area contributed by atoms with E-state index in [2.05, 4.69) is 0 Å². The lowest BCUT2D eigenvalue weighted by Gasteiger charge is -2.25. The Hall–Kier alpha value is -1.58. The Morgan fingerprint density at radius 1 is 1.47 bits per heavy atom. The van der Waals surface area contributed by atoms with E-state index in [0.29, 0.717) is 30.3 Å². The molecule has 0 saturated heterocycles. The van der Waals surface area contributed by atoms with Crippen LogP contribution in [0.4, 0.5) is 4.39 Å². The van der Waals surface area contributed by atoms with E-state index in [1.54, 1.807) is 13.0 Å². The molecular formula is C15H19FO3. The number of hydrogen-bond acceptors (Lipinski definition) is 2. The predicted octanol–water partition coefficient (Wildman–Crippen LogP) is 3.27. The van der Waals surface area contributed by atoms with Gasteiger partial charge in [0.1, 0.15) is 11.6 Å². The van der Waals surface area contributed by atoms with Gasteiger partial charge >= 0.3 is 5.97 Å². The van der Waals surface area contributed by atoms with Gasteiger partial charge < -0.3 is 9.84 Å². The Balaban J connectivity index is 1.99. The molecule has 1 atom stereocenters. The van der Waals surface area contributed by atoms with Gasteiger partial charge in [-0.2, -0.15) is 0 Å². The van der Waals surface area contributed by atoms with Gasteiger partial charge in [0.05, 0.1) is 12.5 Å². The highest BCUT2D eigenvalue weighted by molar-refractivity contribution is 5.69. The normalized spacial score (nSPS) is 16.7. The summed E-state index contributed by atoms with van der Waals surface area (Å²) in [5.74, 6) is -0.690. The van der Waals surface area contributed by atoms with Gasteiger partial charge in [0.2, 0.25) is 0 Å². The van der Waals surface area contributed by atoms with Crippen molar-refractivity contribution in [3.8, 4) is 5.75 Å². The number of benzene rings is 1. The van der Waals surface area contributed by atoms with E-state index < -0.39 is 11.9 Å². The first-order valence-electron chi connectivity index (χ1n) is 6.69. The standard InChI is InChI=1S/C15H19FO3/c1-10(15(17)18)5-12-6-13(16)8-14(7-12)19-9-11-3-2-4-11/h6-8,10-11H,2-5,9H2,1H3,(H,17,18). The van der Waals surface area contributed by atoms with Crippen molar-refractivity contribution in [3.05, 3.63) is 29.6 Å². The molecule has 0 radical (unpaired) electrons. The highest BCUT2D eigenvalue weighted by Crippen LogP contribution is 2.27. The van der Waals surface area contributed by atoms with Gasteiger partial charge in [-0.05, 0) is 42.9 Å². The first-order valence-corrected chi connectivity index (χ1v) is 6.69. The number of rotatable bonds is 6. The van der Waals surface area contributed by atoms with E-state index >= 15 is 0 Å². The van der Waals surface area contributed by atoms with Crippen LogP contribution in [0.2, 0.25) is 0 Å². The maximum atomic E-state index is 13.5. The van der Waals surface area contributed by atoms with Crippen molar-refractivity contribution in [1.29, 1.82) is 0 Å². The summed E-state index contributed by atoms with van der Waals surface area (Å²) in [6.45, 7) is 2.24. The summed E-state index contributed by atoms with van der Waals surface area (Å²) in [6.07, 6.45) is 3.92. The van der Waals surface area contributed by atoms with Crippen molar-refractivity contribution in [2.75, 3.05) is 6.61 Å². The second-order valence-electron chi connectivity index (χ2n) is 5.35. The molecule has 1 aliphatic rings. The summed E-state index contributed by atoms with van der Waals surface area (Å²) in [5, 5.41) is 8.87. The summed E-state index contributed by atoms with van der Waals surface area (Å²) in [5.41, 5.74) is 0.665. The average molecular weight is 266 g/mol. The number of ether oxygens (including phenoxy) is 1. The third kappa shape index (κ3) is 3.94. The second-order valence-corrected chi connectivity index (χ2v) is 5.35. The molecule has 1 aliphatic carbocycles. The van der Waals surface area contributed by atoms with Gasteiger partial charge in [0.25, 0.3) is 0 Å². The Morgan fingerprint density at radius 3 is 2.79 bits per heavy atom. The largest absolute Gasteiger partial charge is 0.493 e. The number of carboxylic acids is 1. The fourth-order valence-electron chi connectivity index (χ4n) is 2.14. The second kappa shape index (κ2) is 6.04. The van der Waals surface area contributed by atoms with E-state index in [1.807, 2.05) is 0 Å². The minimum absolute atomic E-state index is 0.312. The van der Waals surface area contributed by atoms with Crippen LogP contribution in [0.3, 0.4) is 0 Å². The maximum Gasteiger partial charge on any atom is 0.306 e. The molecule has 104 valence electrons. The number of hydrogen-bond donors (Lipinski definition) is 1. The molecule has 0 aromatic heterocycles.